The van der Waals surface area contributed by atoms with Gasteiger partial charge in [0.15, 0.2) is 0 Å². The van der Waals surface area contributed by atoms with Gasteiger partial charge in [0, 0.05) is 13.6 Å². The number of ether oxygens (including phenoxy) is 1. The zero-order valence-electron chi connectivity index (χ0n) is 12.9. The number of likely N-dealkylation sites (N-methyl/N-ethyl adjacent to an activating group) is 1. The van der Waals surface area contributed by atoms with Crippen LogP contribution in [0.15, 0.2) is 0 Å². The summed E-state index contributed by atoms with van der Waals surface area (Å²) in [6, 6.07) is -0.590. The second-order valence-corrected chi connectivity index (χ2v) is 5.64. The number of hydrogen-bond donors (Lipinski definition) is 1. The predicted molar refractivity (Wildman–Crippen MR) is 73.1 cm³/mol. The first-order valence-corrected chi connectivity index (χ1v) is 6.56. The van der Waals surface area contributed by atoms with Crippen molar-refractivity contribution in [2.24, 2.45) is 5.92 Å². The summed E-state index contributed by atoms with van der Waals surface area (Å²) < 4.78 is 4.58. The molecule has 1 aliphatic heterocycles. The minimum Gasteiger partial charge on any atom is -0.469 e. The lowest BCUT2D eigenvalue weighted by Gasteiger charge is -2.22. The van der Waals surface area contributed by atoms with Gasteiger partial charge in [-0.1, -0.05) is 6.92 Å². The summed E-state index contributed by atoms with van der Waals surface area (Å²) in [5.41, 5.74) is -1.00. The van der Waals surface area contributed by atoms with Crippen molar-refractivity contribution < 1.29 is 23.9 Å². The number of amides is 4. The monoisotopic (exact) mass is 299 g/mol. The highest BCUT2D eigenvalue weighted by molar-refractivity contribution is 6.08. The van der Waals surface area contributed by atoms with Crippen molar-refractivity contribution in [2.45, 2.75) is 26.3 Å². The number of rotatable bonds is 5. The average molecular weight is 299 g/mol. The van der Waals surface area contributed by atoms with E-state index >= 15 is 0 Å². The normalized spacial score (nSPS) is 18.2. The van der Waals surface area contributed by atoms with Crippen molar-refractivity contribution >= 4 is 23.8 Å². The molecular weight excluding hydrogens is 278 g/mol. The highest BCUT2D eigenvalue weighted by Crippen LogP contribution is 2.16. The van der Waals surface area contributed by atoms with Gasteiger partial charge in [-0.25, -0.2) is 4.79 Å². The van der Waals surface area contributed by atoms with Gasteiger partial charge in [-0.2, -0.15) is 0 Å². The Balaban J connectivity index is 2.63. The van der Waals surface area contributed by atoms with E-state index in [0.29, 0.717) is 0 Å². The van der Waals surface area contributed by atoms with Crippen molar-refractivity contribution in [1.82, 2.24) is 15.1 Å². The van der Waals surface area contributed by atoms with Crippen molar-refractivity contribution in [1.29, 1.82) is 0 Å². The van der Waals surface area contributed by atoms with Gasteiger partial charge in [0.2, 0.25) is 5.91 Å². The fourth-order valence-electron chi connectivity index (χ4n) is 2.01. The van der Waals surface area contributed by atoms with Crippen LogP contribution in [-0.2, 0) is 19.1 Å². The number of carbonyl (C=O) groups is 4. The van der Waals surface area contributed by atoms with Crippen molar-refractivity contribution in [3.63, 3.8) is 0 Å². The molecule has 1 atom stereocenters. The Bertz CT molecular complexity index is 474. The van der Waals surface area contributed by atoms with Crippen molar-refractivity contribution in [2.75, 3.05) is 27.2 Å². The molecule has 1 N–H and O–H groups in total. The Labute approximate surface area is 123 Å². The number of nitrogens with zero attached hydrogens (tertiary/aromatic N) is 2. The minimum atomic E-state index is -1.00. The third kappa shape index (κ3) is 3.71. The molecule has 1 saturated heterocycles. The van der Waals surface area contributed by atoms with Crippen LogP contribution in [0.2, 0.25) is 0 Å². The second-order valence-electron chi connectivity index (χ2n) is 5.64. The van der Waals surface area contributed by atoms with E-state index < -0.39 is 35.3 Å². The fraction of sp³-hybridized carbons (Fsp3) is 0.692. The van der Waals surface area contributed by atoms with E-state index in [9.17, 15) is 19.2 Å². The maximum absolute atomic E-state index is 12.0. The van der Waals surface area contributed by atoms with E-state index in [1.807, 2.05) is 0 Å². The Kier molecular flexibility index (Phi) is 4.93. The van der Waals surface area contributed by atoms with Gasteiger partial charge in [-0.05, 0) is 13.8 Å². The van der Waals surface area contributed by atoms with E-state index in [1.165, 1.54) is 19.1 Å². The van der Waals surface area contributed by atoms with Gasteiger partial charge in [0.1, 0.15) is 12.1 Å². The summed E-state index contributed by atoms with van der Waals surface area (Å²) in [7, 11) is 2.78. The van der Waals surface area contributed by atoms with Crippen LogP contribution in [0.3, 0.4) is 0 Å². The molecule has 118 valence electrons. The SMILES string of the molecule is COC(=O)C(C)CN(C)C(=O)CN1C(=O)NC(C)(C)C1=O. The highest BCUT2D eigenvalue weighted by atomic mass is 16.5. The first-order chi connectivity index (χ1) is 9.60. The summed E-state index contributed by atoms with van der Waals surface area (Å²) in [5.74, 6) is -1.78. The van der Waals surface area contributed by atoms with Gasteiger partial charge in [0.25, 0.3) is 5.91 Å². The number of urea groups is 1. The number of esters is 1. The summed E-state index contributed by atoms with van der Waals surface area (Å²) in [5, 5.41) is 2.50. The summed E-state index contributed by atoms with van der Waals surface area (Å²) in [6.07, 6.45) is 0. The molecule has 0 spiro atoms. The number of nitrogens with one attached hydrogen (secondary N) is 1. The molecule has 0 aromatic heterocycles. The molecule has 0 radical (unpaired) electrons. The first-order valence-electron chi connectivity index (χ1n) is 6.56. The Hall–Kier alpha value is -2.12. The van der Waals surface area contributed by atoms with Crippen LogP contribution < -0.4 is 5.32 Å². The van der Waals surface area contributed by atoms with Crippen molar-refractivity contribution in [3.05, 3.63) is 0 Å². The lowest BCUT2D eigenvalue weighted by molar-refractivity contribution is -0.146. The molecule has 0 aromatic carbocycles. The predicted octanol–water partition coefficient (Wildman–Crippen LogP) is -0.416. The van der Waals surface area contributed by atoms with Crippen LogP contribution in [0.4, 0.5) is 4.79 Å². The molecule has 8 nitrogen and oxygen atoms in total. The van der Waals surface area contributed by atoms with Crippen LogP contribution in [0, 0.1) is 5.92 Å². The molecule has 8 heteroatoms. The largest absolute Gasteiger partial charge is 0.469 e. The molecule has 4 amide bonds. The molecule has 0 aliphatic carbocycles. The molecule has 1 unspecified atom stereocenters. The standard InChI is InChI=1S/C13H21N3O5/c1-8(10(18)21-5)6-15(4)9(17)7-16-11(19)13(2,3)14-12(16)20/h8H,6-7H2,1-5H3,(H,14,20). The zero-order valence-corrected chi connectivity index (χ0v) is 12.9. The molecule has 1 rings (SSSR count). The zero-order chi connectivity index (χ0) is 16.4. The maximum atomic E-state index is 12.0. The molecule has 1 aliphatic rings. The highest BCUT2D eigenvalue weighted by Gasteiger charge is 2.45. The molecule has 0 aromatic rings. The van der Waals surface area contributed by atoms with Gasteiger partial charge >= 0.3 is 12.0 Å². The minimum absolute atomic E-state index is 0.151. The van der Waals surface area contributed by atoms with E-state index in [1.54, 1.807) is 20.8 Å². The maximum Gasteiger partial charge on any atom is 0.325 e. The van der Waals surface area contributed by atoms with Gasteiger partial charge in [-0.3, -0.25) is 19.3 Å². The van der Waals surface area contributed by atoms with E-state index in [0.717, 1.165) is 4.90 Å². The molecular formula is C13H21N3O5. The van der Waals surface area contributed by atoms with E-state index in [4.69, 9.17) is 0 Å². The Morgan fingerprint density at radius 3 is 2.38 bits per heavy atom. The van der Waals surface area contributed by atoms with Crippen LogP contribution in [0.25, 0.3) is 0 Å². The molecule has 1 heterocycles. The number of methoxy groups -OCH3 is 1. The smallest absolute Gasteiger partial charge is 0.325 e. The van der Waals surface area contributed by atoms with Crippen molar-refractivity contribution in [3.8, 4) is 0 Å². The lowest BCUT2D eigenvalue weighted by Crippen LogP contribution is -2.44. The van der Waals surface area contributed by atoms with Gasteiger partial charge < -0.3 is 15.0 Å². The van der Waals surface area contributed by atoms with Gasteiger partial charge in [-0.15, -0.1) is 0 Å². The molecule has 0 saturated carbocycles. The molecule has 1 fully saturated rings. The Morgan fingerprint density at radius 1 is 1.38 bits per heavy atom. The van der Waals surface area contributed by atoms with Crippen LogP contribution in [0.1, 0.15) is 20.8 Å². The summed E-state index contributed by atoms with van der Waals surface area (Å²) in [6.45, 7) is 4.57. The lowest BCUT2D eigenvalue weighted by atomic mass is 10.1. The second kappa shape index (κ2) is 6.11. The Morgan fingerprint density at radius 2 is 1.95 bits per heavy atom. The first kappa shape index (κ1) is 16.9. The summed E-state index contributed by atoms with van der Waals surface area (Å²) >= 11 is 0. The van der Waals surface area contributed by atoms with Gasteiger partial charge in [0.05, 0.1) is 13.0 Å². The fourth-order valence-corrected chi connectivity index (χ4v) is 2.01. The van der Waals surface area contributed by atoms with E-state index in [-0.39, 0.29) is 13.1 Å². The number of imide groups is 1. The molecule has 0 bridgehead atoms. The van der Waals surface area contributed by atoms with Crippen LogP contribution in [0.5, 0.6) is 0 Å². The number of carbonyl (C=O) groups excluding carboxylic acids is 4. The molecule has 21 heavy (non-hydrogen) atoms. The average Bonchev–Trinajstić information content (AvgIpc) is 2.59. The summed E-state index contributed by atoms with van der Waals surface area (Å²) in [4.78, 5) is 49.2. The van der Waals surface area contributed by atoms with Crippen LogP contribution in [-0.4, -0.2) is 66.4 Å². The van der Waals surface area contributed by atoms with E-state index in [2.05, 4.69) is 10.1 Å². The number of hydrogen-bond acceptors (Lipinski definition) is 5. The third-order valence-electron chi connectivity index (χ3n) is 3.31. The quantitative estimate of drug-likeness (QED) is 0.549. The third-order valence-corrected chi connectivity index (χ3v) is 3.31. The topological polar surface area (TPSA) is 96.0 Å². The van der Waals surface area contributed by atoms with Crippen LogP contribution >= 0.6 is 0 Å².